The van der Waals surface area contributed by atoms with Gasteiger partial charge in [-0.3, -0.25) is 0 Å². The summed E-state index contributed by atoms with van der Waals surface area (Å²) in [4.78, 5) is 1.42. The van der Waals surface area contributed by atoms with Gasteiger partial charge in [0.15, 0.2) is 0 Å². The third kappa shape index (κ3) is 3.84. The molecule has 0 aliphatic rings. The van der Waals surface area contributed by atoms with Crippen molar-refractivity contribution in [1.82, 2.24) is 5.32 Å². The summed E-state index contributed by atoms with van der Waals surface area (Å²) in [6, 6.07) is 11.0. The molecule has 1 heterocycles. The molecule has 0 fully saturated rings. The van der Waals surface area contributed by atoms with Crippen LogP contribution in [0.1, 0.15) is 22.9 Å². The van der Waals surface area contributed by atoms with Crippen LogP contribution in [0.3, 0.4) is 0 Å². The zero-order valence-corrected chi connectivity index (χ0v) is 12.3. The molecule has 0 aliphatic heterocycles. The minimum absolute atomic E-state index is 0.459. The fourth-order valence-corrected chi connectivity index (χ4v) is 3.02. The lowest BCUT2D eigenvalue weighted by atomic mass is 10.1. The number of benzene rings is 1. The summed E-state index contributed by atoms with van der Waals surface area (Å²) in [5.74, 6) is 0. The van der Waals surface area contributed by atoms with Crippen LogP contribution in [-0.4, -0.2) is 6.04 Å². The van der Waals surface area contributed by atoms with E-state index in [0.717, 1.165) is 18.0 Å². The highest BCUT2D eigenvalue weighted by Gasteiger charge is 2.06. The molecular formula is C15H18ClNS. The number of aryl methyl sites for hydroxylation is 1. The second-order valence-corrected chi connectivity index (χ2v) is 6.10. The van der Waals surface area contributed by atoms with E-state index in [2.05, 4.69) is 48.8 Å². The first-order valence-corrected chi connectivity index (χ1v) is 7.41. The average Bonchev–Trinajstić information content (AvgIpc) is 2.80. The highest BCUT2D eigenvalue weighted by molar-refractivity contribution is 7.09. The highest BCUT2D eigenvalue weighted by Crippen LogP contribution is 2.18. The molecule has 2 aromatic rings. The van der Waals surface area contributed by atoms with E-state index in [4.69, 9.17) is 11.6 Å². The van der Waals surface area contributed by atoms with Crippen molar-refractivity contribution in [2.45, 2.75) is 32.9 Å². The predicted octanol–water partition coefficient (Wildman–Crippen LogP) is 4.43. The Bertz CT molecular complexity index is 493. The van der Waals surface area contributed by atoms with Gasteiger partial charge < -0.3 is 5.32 Å². The van der Waals surface area contributed by atoms with Crippen molar-refractivity contribution in [3.8, 4) is 0 Å². The van der Waals surface area contributed by atoms with Gasteiger partial charge in [-0.05, 0) is 48.9 Å². The molecule has 1 aromatic heterocycles. The molecule has 2 rings (SSSR count). The van der Waals surface area contributed by atoms with Crippen LogP contribution < -0.4 is 5.32 Å². The van der Waals surface area contributed by atoms with E-state index in [-0.39, 0.29) is 0 Å². The summed E-state index contributed by atoms with van der Waals surface area (Å²) < 4.78 is 0. The molecular weight excluding hydrogens is 262 g/mol. The van der Waals surface area contributed by atoms with Crippen LogP contribution in [0.4, 0.5) is 0 Å². The molecule has 0 radical (unpaired) electrons. The predicted molar refractivity (Wildman–Crippen MR) is 80.5 cm³/mol. The number of hydrogen-bond acceptors (Lipinski definition) is 2. The van der Waals surface area contributed by atoms with E-state index in [1.807, 2.05) is 17.4 Å². The Hall–Kier alpha value is -0.830. The molecule has 0 bridgehead atoms. The molecule has 0 saturated carbocycles. The Morgan fingerprint density at radius 1 is 1.33 bits per heavy atom. The van der Waals surface area contributed by atoms with Crippen molar-refractivity contribution in [3.63, 3.8) is 0 Å². The van der Waals surface area contributed by atoms with Crippen LogP contribution in [0, 0.1) is 6.92 Å². The molecule has 3 heteroatoms. The normalized spacial score (nSPS) is 12.6. The molecule has 18 heavy (non-hydrogen) atoms. The Labute approximate surface area is 118 Å². The van der Waals surface area contributed by atoms with Crippen molar-refractivity contribution >= 4 is 22.9 Å². The summed E-state index contributed by atoms with van der Waals surface area (Å²) >= 11 is 8.03. The van der Waals surface area contributed by atoms with E-state index in [1.54, 1.807) is 0 Å². The van der Waals surface area contributed by atoms with Crippen LogP contribution in [0.5, 0.6) is 0 Å². The van der Waals surface area contributed by atoms with Gasteiger partial charge >= 0.3 is 0 Å². The van der Waals surface area contributed by atoms with Crippen molar-refractivity contribution in [3.05, 3.63) is 56.7 Å². The first-order chi connectivity index (χ1) is 8.65. The van der Waals surface area contributed by atoms with Crippen molar-refractivity contribution < 1.29 is 0 Å². The molecule has 1 atom stereocenters. The summed E-state index contributed by atoms with van der Waals surface area (Å²) in [6.07, 6.45) is 1.07. The minimum Gasteiger partial charge on any atom is -0.310 e. The lowest BCUT2D eigenvalue weighted by molar-refractivity contribution is 0.548. The molecule has 1 N–H and O–H groups in total. The highest BCUT2D eigenvalue weighted by atomic mass is 35.5. The Morgan fingerprint density at radius 2 is 2.17 bits per heavy atom. The lowest BCUT2D eigenvalue weighted by Crippen LogP contribution is -2.27. The zero-order valence-electron chi connectivity index (χ0n) is 10.7. The molecule has 0 aliphatic carbocycles. The van der Waals surface area contributed by atoms with Gasteiger partial charge in [-0.2, -0.15) is 0 Å². The topological polar surface area (TPSA) is 12.0 Å². The van der Waals surface area contributed by atoms with Crippen LogP contribution in [0.15, 0.2) is 35.7 Å². The van der Waals surface area contributed by atoms with E-state index in [9.17, 15) is 0 Å². The van der Waals surface area contributed by atoms with Crippen LogP contribution >= 0.6 is 22.9 Å². The van der Waals surface area contributed by atoms with Crippen LogP contribution in [-0.2, 0) is 13.0 Å². The number of halogens is 1. The maximum atomic E-state index is 6.22. The third-order valence-corrected chi connectivity index (χ3v) is 4.19. The van der Waals surface area contributed by atoms with E-state index in [0.29, 0.717) is 6.04 Å². The largest absolute Gasteiger partial charge is 0.310 e. The summed E-state index contributed by atoms with van der Waals surface area (Å²) in [5.41, 5.74) is 2.37. The molecule has 0 spiro atoms. The van der Waals surface area contributed by atoms with Gasteiger partial charge in [0.25, 0.3) is 0 Å². The molecule has 1 aromatic carbocycles. The SMILES string of the molecule is Cc1ccc(CNC(C)Cc2cccs2)c(Cl)c1. The molecule has 0 amide bonds. The van der Waals surface area contributed by atoms with Gasteiger partial charge in [-0.15, -0.1) is 11.3 Å². The lowest BCUT2D eigenvalue weighted by Gasteiger charge is -2.14. The second-order valence-electron chi connectivity index (χ2n) is 4.66. The van der Waals surface area contributed by atoms with Crippen molar-refractivity contribution in [2.24, 2.45) is 0 Å². The van der Waals surface area contributed by atoms with E-state index in [1.165, 1.54) is 16.0 Å². The average molecular weight is 280 g/mol. The Morgan fingerprint density at radius 3 is 2.83 bits per heavy atom. The van der Waals surface area contributed by atoms with Crippen LogP contribution in [0.2, 0.25) is 5.02 Å². The third-order valence-electron chi connectivity index (χ3n) is 2.94. The van der Waals surface area contributed by atoms with Crippen molar-refractivity contribution in [1.29, 1.82) is 0 Å². The monoisotopic (exact) mass is 279 g/mol. The van der Waals surface area contributed by atoms with Gasteiger partial charge in [0, 0.05) is 22.5 Å². The van der Waals surface area contributed by atoms with Crippen molar-refractivity contribution in [2.75, 3.05) is 0 Å². The first kappa shape index (κ1) is 13.6. The maximum absolute atomic E-state index is 6.22. The van der Waals surface area contributed by atoms with E-state index < -0.39 is 0 Å². The minimum atomic E-state index is 0.459. The second kappa shape index (κ2) is 6.37. The summed E-state index contributed by atoms with van der Waals surface area (Å²) in [7, 11) is 0. The number of thiophene rings is 1. The standard InChI is InChI=1S/C15H18ClNS/c1-11-5-6-13(15(16)8-11)10-17-12(2)9-14-4-3-7-18-14/h3-8,12,17H,9-10H2,1-2H3. The van der Waals surface area contributed by atoms with Gasteiger partial charge in [0.05, 0.1) is 0 Å². The fraction of sp³-hybridized carbons (Fsp3) is 0.333. The molecule has 96 valence electrons. The number of hydrogen-bond donors (Lipinski definition) is 1. The zero-order chi connectivity index (χ0) is 13.0. The first-order valence-electron chi connectivity index (χ1n) is 6.16. The molecule has 1 nitrogen and oxygen atoms in total. The smallest absolute Gasteiger partial charge is 0.0453 e. The summed E-state index contributed by atoms with van der Waals surface area (Å²) in [6.45, 7) is 5.09. The van der Waals surface area contributed by atoms with Crippen LogP contribution in [0.25, 0.3) is 0 Å². The Balaban J connectivity index is 1.87. The fourth-order valence-electron chi connectivity index (χ4n) is 1.88. The van der Waals surface area contributed by atoms with Gasteiger partial charge in [-0.25, -0.2) is 0 Å². The van der Waals surface area contributed by atoms with Gasteiger partial charge in [-0.1, -0.05) is 29.8 Å². The molecule has 1 unspecified atom stereocenters. The Kier molecular flexibility index (Phi) is 4.81. The van der Waals surface area contributed by atoms with Gasteiger partial charge in [0.1, 0.15) is 0 Å². The van der Waals surface area contributed by atoms with Gasteiger partial charge in [0.2, 0.25) is 0 Å². The quantitative estimate of drug-likeness (QED) is 0.854. The maximum Gasteiger partial charge on any atom is 0.0453 e. The summed E-state index contributed by atoms with van der Waals surface area (Å²) in [5, 5.41) is 6.50. The number of rotatable bonds is 5. The number of nitrogens with one attached hydrogen (secondary N) is 1. The molecule has 0 saturated heterocycles. The van der Waals surface area contributed by atoms with E-state index >= 15 is 0 Å².